The van der Waals surface area contributed by atoms with Gasteiger partial charge in [0, 0.05) is 12.0 Å². The van der Waals surface area contributed by atoms with Crippen molar-refractivity contribution in [2.24, 2.45) is 0 Å². The Morgan fingerprint density at radius 1 is 1.11 bits per heavy atom. The molecule has 2 aromatic carbocycles. The molecule has 0 saturated carbocycles. The summed E-state index contributed by atoms with van der Waals surface area (Å²) in [6.45, 7) is 1.58. The van der Waals surface area contributed by atoms with Crippen LogP contribution >= 0.6 is 23.2 Å². The first-order valence-electron chi connectivity index (χ1n) is 5.81. The quantitative estimate of drug-likeness (QED) is 0.879. The van der Waals surface area contributed by atoms with Crippen molar-refractivity contribution in [3.05, 3.63) is 69.5 Å². The lowest BCUT2D eigenvalue weighted by Gasteiger charge is -2.24. The van der Waals surface area contributed by atoms with E-state index in [0.717, 1.165) is 5.56 Å². The highest BCUT2D eigenvalue weighted by atomic mass is 35.5. The monoisotopic (exact) mass is 298 g/mol. The fraction of sp³-hybridized carbons (Fsp3) is 0.200. The second-order valence-corrected chi connectivity index (χ2v) is 5.49. The minimum Gasteiger partial charge on any atom is -0.385 e. The molecular weight excluding hydrogens is 286 g/mol. The van der Waals surface area contributed by atoms with E-state index in [4.69, 9.17) is 23.2 Å². The molecule has 1 N–H and O–H groups in total. The van der Waals surface area contributed by atoms with Gasteiger partial charge in [-0.05, 0) is 30.7 Å². The van der Waals surface area contributed by atoms with Crippen LogP contribution in [0.4, 0.5) is 4.39 Å². The summed E-state index contributed by atoms with van der Waals surface area (Å²) in [6, 6.07) is 11.3. The van der Waals surface area contributed by atoms with Crippen molar-refractivity contribution in [3.8, 4) is 0 Å². The molecule has 1 unspecified atom stereocenters. The summed E-state index contributed by atoms with van der Waals surface area (Å²) in [4.78, 5) is 0. The highest BCUT2D eigenvalue weighted by molar-refractivity contribution is 6.42. The van der Waals surface area contributed by atoms with Crippen molar-refractivity contribution in [1.29, 1.82) is 0 Å². The van der Waals surface area contributed by atoms with Gasteiger partial charge in [0.2, 0.25) is 0 Å². The van der Waals surface area contributed by atoms with Gasteiger partial charge in [0.05, 0.1) is 15.6 Å². The largest absolute Gasteiger partial charge is 0.385 e. The predicted molar refractivity (Wildman–Crippen MR) is 76.1 cm³/mol. The van der Waals surface area contributed by atoms with Crippen LogP contribution in [0, 0.1) is 5.82 Å². The molecule has 2 aromatic rings. The summed E-state index contributed by atoms with van der Waals surface area (Å²) >= 11 is 11.8. The molecule has 0 spiro atoms. The molecule has 0 aliphatic heterocycles. The maximum atomic E-state index is 13.7. The van der Waals surface area contributed by atoms with Gasteiger partial charge in [-0.3, -0.25) is 0 Å². The standard InChI is InChI=1S/C15H13Cl2FO/c1-15(19,11-4-2-3-5-14(11)18)9-10-6-7-12(16)13(17)8-10/h2-8,19H,9H2,1H3. The lowest BCUT2D eigenvalue weighted by atomic mass is 9.89. The normalized spacial score (nSPS) is 14.2. The Morgan fingerprint density at radius 3 is 2.42 bits per heavy atom. The van der Waals surface area contributed by atoms with Crippen LogP contribution in [0.1, 0.15) is 18.1 Å². The molecule has 0 amide bonds. The summed E-state index contributed by atoms with van der Waals surface area (Å²) in [5, 5.41) is 11.3. The van der Waals surface area contributed by atoms with Gasteiger partial charge in [-0.15, -0.1) is 0 Å². The predicted octanol–water partition coefficient (Wildman–Crippen LogP) is 4.58. The first-order valence-corrected chi connectivity index (χ1v) is 6.57. The van der Waals surface area contributed by atoms with Gasteiger partial charge in [-0.2, -0.15) is 0 Å². The number of hydrogen-bond donors (Lipinski definition) is 1. The van der Waals surface area contributed by atoms with E-state index < -0.39 is 11.4 Å². The van der Waals surface area contributed by atoms with Crippen LogP contribution < -0.4 is 0 Å². The number of halogens is 3. The number of rotatable bonds is 3. The molecule has 0 radical (unpaired) electrons. The number of hydrogen-bond acceptors (Lipinski definition) is 1. The molecule has 0 aliphatic rings. The topological polar surface area (TPSA) is 20.2 Å². The van der Waals surface area contributed by atoms with Crippen molar-refractivity contribution < 1.29 is 9.50 Å². The highest BCUT2D eigenvalue weighted by Crippen LogP contribution is 2.30. The van der Waals surface area contributed by atoms with Gasteiger partial charge in [-0.25, -0.2) is 4.39 Å². The highest BCUT2D eigenvalue weighted by Gasteiger charge is 2.26. The molecule has 0 aliphatic carbocycles. The van der Waals surface area contributed by atoms with E-state index in [2.05, 4.69) is 0 Å². The Hall–Kier alpha value is -1.09. The molecule has 0 aromatic heterocycles. The maximum Gasteiger partial charge on any atom is 0.129 e. The molecule has 2 rings (SSSR count). The Bertz CT molecular complexity index is 596. The van der Waals surface area contributed by atoms with Crippen LogP contribution in [0.2, 0.25) is 10.0 Å². The van der Waals surface area contributed by atoms with Crippen molar-refractivity contribution in [3.63, 3.8) is 0 Å². The van der Waals surface area contributed by atoms with Gasteiger partial charge in [-0.1, -0.05) is 47.5 Å². The Labute approximate surface area is 121 Å². The van der Waals surface area contributed by atoms with Crippen molar-refractivity contribution in [2.45, 2.75) is 18.9 Å². The van der Waals surface area contributed by atoms with Gasteiger partial charge >= 0.3 is 0 Å². The van der Waals surface area contributed by atoms with Gasteiger partial charge < -0.3 is 5.11 Å². The fourth-order valence-electron chi connectivity index (χ4n) is 2.04. The number of aliphatic hydroxyl groups is 1. The van der Waals surface area contributed by atoms with Crippen molar-refractivity contribution in [2.75, 3.05) is 0 Å². The molecule has 0 fully saturated rings. The van der Waals surface area contributed by atoms with Crippen LogP contribution in [0.5, 0.6) is 0 Å². The minimum absolute atomic E-state index is 0.255. The SMILES string of the molecule is CC(O)(Cc1ccc(Cl)c(Cl)c1)c1ccccc1F. The Balaban J connectivity index is 2.31. The maximum absolute atomic E-state index is 13.7. The zero-order valence-electron chi connectivity index (χ0n) is 10.3. The smallest absolute Gasteiger partial charge is 0.129 e. The fourth-order valence-corrected chi connectivity index (χ4v) is 2.36. The lowest BCUT2D eigenvalue weighted by Crippen LogP contribution is -2.25. The summed E-state index contributed by atoms with van der Waals surface area (Å²) in [5.41, 5.74) is -0.244. The molecule has 0 saturated heterocycles. The van der Waals surface area contributed by atoms with Crippen molar-refractivity contribution in [1.82, 2.24) is 0 Å². The molecular formula is C15H13Cl2FO. The second kappa shape index (κ2) is 5.49. The van der Waals surface area contributed by atoms with E-state index in [1.54, 1.807) is 43.3 Å². The summed E-state index contributed by atoms with van der Waals surface area (Å²) in [7, 11) is 0. The van der Waals surface area contributed by atoms with Crippen LogP contribution in [0.3, 0.4) is 0 Å². The molecule has 19 heavy (non-hydrogen) atoms. The van der Waals surface area contributed by atoms with E-state index in [1.807, 2.05) is 0 Å². The second-order valence-electron chi connectivity index (χ2n) is 4.68. The minimum atomic E-state index is -1.30. The summed E-state index contributed by atoms with van der Waals surface area (Å²) < 4.78 is 13.7. The van der Waals surface area contributed by atoms with Crippen LogP contribution in [0.25, 0.3) is 0 Å². The molecule has 0 bridgehead atoms. The van der Waals surface area contributed by atoms with Crippen LogP contribution in [-0.2, 0) is 12.0 Å². The first-order chi connectivity index (χ1) is 8.90. The molecule has 100 valence electrons. The third-order valence-electron chi connectivity index (χ3n) is 2.99. The average molecular weight is 299 g/mol. The molecule has 0 heterocycles. The number of benzene rings is 2. The van der Waals surface area contributed by atoms with E-state index in [0.29, 0.717) is 10.0 Å². The van der Waals surface area contributed by atoms with Crippen LogP contribution in [0.15, 0.2) is 42.5 Å². The summed E-state index contributed by atoms with van der Waals surface area (Å²) in [6.07, 6.45) is 0.255. The molecule has 1 atom stereocenters. The van der Waals surface area contributed by atoms with E-state index in [1.165, 1.54) is 6.07 Å². The van der Waals surface area contributed by atoms with E-state index in [9.17, 15) is 9.50 Å². The first kappa shape index (κ1) is 14.3. The zero-order chi connectivity index (χ0) is 14.0. The third-order valence-corrected chi connectivity index (χ3v) is 3.73. The Kier molecular flexibility index (Phi) is 4.14. The lowest BCUT2D eigenvalue weighted by molar-refractivity contribution is 0.0538. The van der Waals surface area contributed by atoms with Gasteiger partial charge in [0.25, 0.3) is 0 Å². The molecule has 4 heteroatoms. The van der Waals surface area contributed by atoms with Gasteiger partial charge in [0.15, 0.2) is 0 Å². The average Bonchev–Trinajstić information content (AvgIpc) is 2.34. The van der Waals surface area contributed by atoms with Crippen molar-refractivity contribution >= 4 is 23.2 Å². The zero-order valence-corrected chi connectivity index (χ0v) is 11.8. The van der Waals surface area contributed by atoms with Gasteiger partial charge in [0.1, 0.15) is 5.82 Å². The molecule has 1 nitrogen and oxygen atoms in total. The van der Waals surface area contributed by atoms with Crippen LogP contribution in [-0.4, -0.2) is 5.11 Å². The van der Waals surface area contributed by atoms with E-state index in [-0.39, 0.29) is 12.0 Å². The van der Waals surface area contributed by atoms with E-state index >= 15 is 0 Å². The summed E-state index contributed by atoms with van der Waals surface area (Å²) in [5.74, 6) is -0.424. The third kappa shape index (κ3) is 3.27. The Morgan fingerprint density at radius 2 is 1.79 bits per heavy atom.